The number of benzene rings is 2. The Morgan fingerprint density at radius 2 is 1.79 bits per heavy atom. The van der Waals surface area contributed by atoms with Crippen molar-refractivity contribution in [3.8, 4) is 11.8 Å². The van der Waals surface area contributed by atoms with Gasteiger partial charge in [0.15, 0.2) is 6.10 Å². The SMILES string of the molecule is CC(C#N)Oc1ccc(CN(C)C(CCO)c2ccccc2)cc1. The highest BCUT2D eigenvalue weighted by Gasteiger charge is 2.16. The molecule has 0 saturated heterocycles. The van der Waals surface area contributed by atoms with E-state index in [1.54, 1.807) is 6.92 Å². The van der Waals surface area contributed by atoms with Gasteiger partial charge >= 0.3 is 0 Å². The minimum atomic E-state index is -0.453. The van der Waals surface area contributed by atoms with Crippen LogP contribution >= 0.6 is 0 Å². The zero-order chi connectivity index (χ0) is 17.4. The maximum Gasteiger partial charge on any atom is 0.181 e. The number of ether oxygens (including phenoxy) is 1. The third-order valence-electron chi connectivity index (χ3n) is 3.97. The second kappa shape index (κ2) is 9.07. The molecule has 0 heterocycles. The van der Waals surface area contributed by atoms with E-state index >= 15 is 0 Å². The molecule has 0 radical (unpaired) electrons. The van der Waals surface area contributed by atoms with Gasteiger partial charge < -0.3 is 9.84 Å². The molecule has 4 nitrogen and oxygen atoms in total. The molecule has 4 heteroatoms. The number of rotatable bonds is 8. The third kappa shape index (κ3) is 5.09. The van der Waals surface area contributed by atoms with E-state index in [4.69, 9.17) is 10.00 Å². The Hall–Kier alpha value is -2.35. The van der Waals surface area contributed by atoms with Crippen LogP contribution in [0.3, 0.4) is 0 Å². The van der Waals surface area contributed by atoms with E-state index < -0.39 is 6.10 Å². The minimum absolute atomic E-state index is 0.155. The van der Waals surface area contributed by atoms with Gasteiger partial charge in [-0.15, -0.1) is 0 Å². The van der Waals surface area contributed by atoms with Crippen molar-refractivity contribution in [1.29, 1.82) is 5.26 Å². The Labute approximate surface area is 143 Å². The van der Waals surface area contributed by atoms with Gasteiger partial charge in [-0.25, -0.2) is 0 Å². The van der Waals surface area contributed by atoms with Crippen LogP contribution in [0.1, 0.15) is 30.5 Å². The summed E-state index contributed by atoms with van der Waals surface area (Å²) < 4.78 is 5.47. The molecule has 2 rings (SSSR count). The smallest absolute Gasteiger partial charge is 0.181 e. The number of hydrogen-bond acceptors (Lipinski definition) is 4. The van der Waals surface area contributed by atoms with Crippen LogP contribution in [0.5, 0.6) is 5.75 Å². The Balaban J connectivity index is 2.04. The van der Waals surface area contributed by atoms with E-state index in [1.165, 1.54) is 5.56 Å². The predicted octanol–water partition coefficient (Wildman–Crippen LogP) is 3.53. The molecule has 2 aromatic carbocycles. The quantitative estimate of drug-likeness (QED) is 0.807. The summed E-state index contributed by atoms with van der Waals surface area (Å²) >= 11 is 0. The topological polar surface area (TPSA) is 56.5 Å². The predicted molar refractivity (Wildman–Crippen MR) is 94.5 cm³/mol. The molecule has 2 unspecified atom stereocenters. The van der Waals surface area contributed by atoms with Crippen molar-refractivity contribution < 1.29 is 9.84 Å². The normalized spacial score (nSPS) is 13.3. The Morgan fingerprint density at radius 1 is 1.12 bits per heavy atom. The summed E-state index contributed by atoms with van der Waals surface area (Å²) in [6.07, 6.45) is 0.243. The number of nitriles is 1. The molecule has 0 aliphatic carbocycles. The fourth-order valence-corrected chi connectivity index (χ4v) is 2.74. The van der Waals surface area contributed by atoms with Gasteiger partial charge in [0.25, 0.3) is 0 Å². The van der Waals surface area contributed by atoms with Crippen LogP contribution < -0.4 is 4.74 Å². The number of hydrogen-bond donors (Lipinski definition) is 1. The van der Waals surface area contributed by atoms with Crippen LogP contribution in [0.2, 0.25) is 0 Å². The molecule has 24 heavy (non-hydrogen) atoms. The molecule has 0 saturated carbocycles. The summed E-state index contributed by atoms with van der Waals surface area (Å²) in [5.74, 6) is 0.699. The van der Waals surface area contributed by atoms with Crippen LogP contribution in [0.15, 0.2) is 54.6 Å². The average Bonchev–Trinajstić information content (AvgIpc) is 2.61. The lowest BCUT2D eigenvalue weighted by Crippen LogP contribution is -2.25. The van der Waals surface area contributed by atoms with Gasteiger partial charge in [-0.2, -0.15) is 5.26 Å². The molecule has 0 aromatic heterocycles. The maximum atomic E-state index is 9.39. The van der Waals surface area contributed by atoms with Crippen molar-refractivity contribution in [2.45, 2.75) is 32.0 Å². The summed E-state index contributed by atoms with van der Waals surface area (Å²) in [7, 11) is 2.06. The Kier molecular flexibility index (Phi) is 6.80. The number of aliphatic hydroxyl groups excluding tert-OH is 1. The number of nitrogens with zero attached hydrogens (tertiary/aromatic N) is 2. The third-order valence-corrected chi connectivity index (χ3v) is 3.97. The highest BCUT2D eigenvalue weighted by molar-refractivity contribution is 5.28. The van der Waals surface area contributed by atoms with Crippen LogP contribution in [0.25, 0.3) is 0 Å². The van der Waals surface area contributed by atoms with E-state index in [2.05, 4.69) is 30.1 Å². The Bertz CT molecular complexity index is 650. The van der Waals surface area contributed by atoms with Gasteiger partial charge in [0.05, 0.1) is 0 Å². The minimum Gasteiger partial charge on any atom is -0.476 e. The zero-order valence-corrected chi connectivity index (χ0v) is 14.2. The van der Waals surface area contributed by atoms with Crippen LogP contribution in [0, 0.1) is 11.3 Å². The van der Waals surface area contributed by atoms with Crippen molar-refractivity contribution >= 4 is 0 Å². The van der Waals surface area contributed by atoms with Crippen molar-refractivity contribution in [2.24, 2.45) is 0 Å². The zero-order valence-electron chi connectivity index (χ0n) is 14.2. The largest absolute Gasteiger partial charge is 0.476 e. The van der Waals surface area contributed by atoms with Gasteiger partial charge in [-0.05, 0) is 43.7 Å². The standard InChI is InChI=1S/C20H24N2O2/c1-16(14-21)24-19-10-8-17(9-11-19)15-22(2)20(12-13-23)18-6-4-3-5-7-18/h3-11,16,20,23H,12-13,15H2,1-2H3. The molecule has 0 aliphatic heterocycles. The average molecular weight is 324 g/mol. The molecule has 0 aliphatic rings. The highest BCUT2D eigenvalue weighted by atomic mass is 16.5. The fraction of sp³-hybridized carbons (Fsp3) is 0.350. The van der Waals surface area contributed by atoms with Gasteiger partial charge in [-0.1, -0.05) is 42.5 Å². The van der Waals surface area contributed by atoms with Crippen molar-refractivity contribution in [3.05, 3.63) is 65.7 Å². The molecule has 2 aromatic rings. The molecular formula is C20H24N2O2. The summed E-state index contributed by atoms with van der Waals surface area (Å²) in [6.45, 7) is 2.65. The van der Waals surface area contributed by atoms with Gasteiger partial charge in [0, 0.05) is 19.2 Å². The van der Waals surface area contributed by atoms with Crippen molar-refractivity contribution in [2.75, 3.05) is 13.7 Å². The van der Waals surface area contributed by atoms with Crippen molar-refractivity contribution in [3.63, 3.8) is 0 Å². The lowest BCUT2D eigenvalue weighted by molar-refractivity contribution is 0.180. The van der Waals surface area contributed by atoms with Crippen LogP contribution in [-0.2, 0) is 6.54 Å². The molecular weight excluding hydrogens is 300 g/mol. The summed E-state index contributed by atoms with van der Waals surface area (Å²) in [5.41, 5.74) is 2.37. The second-order valence-electron chi connectivity index (χ2n) is 5.89. The maximum absolute atomic E-state index is 9.39. The van der Waals surface area contributed by atoms with Crippen LogP contribution in [0.4, 0.5) is 0 Å². The molecule has 2 atom stereocenters. The van der Waals surface area contributed by atoms with Gasteiger partial charge in [0.2, 0.25) is 0 Å². The highest BCUT2D eigenvalue weighted by Crippen LogP contribution is 2.25. The van der Waals surface area contributed by atoms with E-state index in [-0.39, 0.29) is 12.6 Å². The fourth-order valence-electron chi connectivity index (χ4n) is 2.74. The lowest BCUT2D eigenvalue weighted by Gasteiger charge is -2.28. The summed E-state index contributed by atoms with van der Waals surface area (Å²) in [4.78, 5) is 2.24. The molecule has 126 valence electrons. The summed E-state index contributed by atoms with van der Waals surface area (Å²) in [6, 6.07) is 20.3. The van der Waals surface area contributed by atoms with E-state index in [0.717, 1.165) is 12.1 Å². The molecule has 0 fully saturated rings. The van der Waals surface area contributed by atoms with E-state index in [1.807, 2.05) is 42.5 Å². The summed E-state index contributed by atoms with van der Waals surface area (Å²) in [5, 5.41) is 18.2. The number of aliphatic hydroxyl groups is 1. The molecule has 0 spiro atoms. The molecule has 0 amide bonds. The van der Waals surface area contributed by atoms with E-state index in [9.17, 15) is 5.11 Å². The first kappa shape index (κ1) is 18.0. The molecule has 0 bridgehead atoms. The monoisotopic (exact) mass is 324 g/mol. The van der Waals surface area contributed by atoms with Crippen LogP contribution in [-0.4, -0.2) is 29.8 Å². The first-order valence-electron chi connectivity index (χ1n) is 8.15. The first-order valence-corrected chi connectivity index (χ1v) is 8.15. The Morgan fingerprint density at radius 3 is 2.38 bits per heavy atom. The molecule has 1 N–H and O–H groups in total. The van der Waals surface area contributed by atoms with Crippen molar-refractivity contribution in [1.82, 2.24) is 4.90 Å². The second-order valence-corrected chi connectivity index (χ2v) is 5.89. The first-order chi connectivity index (χ1) is 11.6. The lowest BCUT2D eigenvalue weighted by atomic mass is 10.0. The van der Waals surface area contributed by atoms with Gasteiger partial charge in [-0.3, -0.25) is 4.90 Å². The van der Waals surface area contributed by atoms with E-state index in [0.29, 0.717) is 12.2 Å². The van der Waals surface area contributed by atoms with Gasteiger partial charge in [0.1, 0.15) is 11.8 Å².